The molecule has 236 valence electrons. The second-order valence-electron chi connectivity index (χ2n) is 9.39. The molecule has 0 amide bonds. The number of ether oxygens (including phenoxy) is 6. The highest BCUT2D eigenvalue weighted by Crippen LogP contribution is 2.36. The summed E-state index contributed by atoms with van der Waals surface area (Å²) in [6.45, 7) is 7.37. The zero-order valence-electron chi connectivity index (χ0n) is 25.6. The van der Waals surface area contributed by atoms with Gasteiger partial charge in [-0.2, -0.15) is 5.26 Å². The van der Waals surface area contributed by atoms with Gasteiger partial charge in [0.25, 0.3) is 5.56 Å². The van der Waals surface area contributed by atoms with Crippen molar-refractivity contribution in [3.8, 4) is 29.1 Å². The molecule has 1 atom stereocenters. The molecule has 45 heavy (non-hydrogen) atoms. The predicted octanol–water partition coefficient (Wildman–Crippen LogP) is 3.05. The summed E-state index contributed by atoms with van der Waals surface area (Å²) in [6.07, 6.45) is 1.70. The first-order chi connectivity index (χ1) is 21.8. The highest BCUT2D eigenvalue weighted by atomic mass is 32.1. The Labute approximate surface area is 263 Å². The molecule has 2 aromatic carbocycles. The van der Waals surface area contributed by atoms with Crippen molar-refractivity contribution in [1.82, 2.24) is 4.57 Å². The number of hydrogen-bond acceptors (Lipinski definition) is 12. The Morgan fingerprint density at radius 3 is 2.33 bits per heavy atom. The van der Waals surface area contributed by atoms with Crippen LogP contribution in [0.1, 0.15) is 44.9 Å². The molecule has 13 heteroatoms. The van der Waals surface area contributed by atoms with Crippen LogP contribution >= 0.6 is 11.3 Å². The second-order valence-corrected chi connectivity index (χ2v) is 10.4. The summed E-state index contributed by atoms with van der Waals surface area (Å²) in [5.41, 5.74) is 1.46. The fourth-order valence-corrected chi connectivity index (χ4v) is 5.69. The number of hydrogen-bond donors (Lipinski definition) is 0. The monoisotopic (exact) mass is 635 g/mol. The summed E-state index contributed by atoms with van der Waals surface area (Å²) in [4.78, 5) is 44.0. The van der Waals surface area contributed by atoms with Gasteiger partial charge in [0.1, 0.15) is 6.07 Å². The van der Waals surface area contributed by atoms with Crippen LogP contribution in [-0.4, -0.2) is 56.6 Å². The number of allylic oxidation sites excluding steroid dienone is 1. The number of thiazole rings is 1. The average Bonchev–Trinajstić information content (AvgIpc) is 3.33. The predicted molar refractivity (Wildman–Crippen MR) is 164 cm³/mol. The molecule has 4 rings (SSSR count). The summed E-state index contributed by atoms with van der Waals surface area (Å²) < 4.78 is 34.5. The van der Waals surface area contributed by atoms with Crippen molar-refractivity contribution in [3.05, 3.63) is 78.5 Å². The van der Waals surface area contributed by atoms with E-state index in [1.807, 2.05) is 13.0 Å². The van der Waals surface area contributed by atoms with E-state index in [-0.39, 0.29) is 31.0 Å². The maximum absolute atomic E-state index is 14.0. The summed E-state index contributed by atoms with van der Waals surface area (Å²) in [5.74, 6) is 0.303. The highest BCUT2D eigenvalue weighted by molar-refractivity contribution is 7.07. The van der Waals surface area contributed by atoms with Crippen LogP contribution in [0.4, 0.5) is 0 Å². The van der Waals surface area contributed by atoms with Crippen molar-refractivity contribution in [2.45, 2.75) is 33.7 Å². The number of methoxy groups -OCH3 is 1. The molecule has 0 fully saturated rings. The van der Waals surface area contributed by atoms with E-state index in [4.69, 9.17) is 28.9 Å². The topological polar surface area (TPSA) is 148 Å². The van der Waals surface area contributed by atoms with E-state index >= 15 is 0 Å². The van der Waals surface area contributed by atoms with E-state index < -0.39 is 18.0 Å². The van der Waals surface area contributed by atoms with Crippen LogP contribution in [0.2, 0.25) is 0 Å². The molecule has 0 N–H and O–H groups in total. The van der Waals surface area contributed by atoms with Gasteiger partial charge in [-0.05, 0) is 69.2 Å². The number of carbonyl (C=O) groups excluding carboxylic acids is 2. The lowest BCUT2D eigenvalue weighted by molar-refractivity contribution is -0.143. The number of carbonyl (C=O) groups is 2. The second kappa shape index (κ2) is 15.1. The van der Waals surface area contributed by atoms with Crippen molar-refractivity contribution in [1.29, 1.82) is 5.26 Å². The average molecular weight is 636 g/mol. The molecule has 3 aromatic rings. The number of aromatic nitrogens is 1. The SMILES string of the molecule is CCOC(=O)C1=C(C)N=c2s/c(=C\c3ccc(OCC#N)c(OCC)c3)c(=O)n2[C@@H]1c1ccc(OCC(=O)OC)c(OCC)c1. The Morgan fingerprint density at radius 2 is 1.67 bits per heavy atom. The standard InChI is InChI=1S/C32H33N3O9S/c1-6-40-24-15-20(9-11-22(24)43-14-13-33)16-26-30(37)35-29(28(31(38)42-8-3)19(4)34-32(35)45-26)21-10-12-23(25(17-21)41-7-2)44-18-27(36)39-5/h9-12,15-17,29H,6-8,14,18H2,1-5H3/b26-16-/t29-/m1/s1. The van der Waals surface area contributed by atoms with E-state index in [1.165, 1.54) is 23.0 Å². The normalized spacial score (nSPS) is 14.1. The van der Waals surface area contributed by atoms with Crippen LogP contribution in [0.15, 0.2) is 57.5 Å². The molecular formula is C32H33N3O9S. The fraction of sp³-hybridized carbons (Fsp3) is 0.344. The minimum Gasteiger partial charge on any atom is -0.490 e. The van der Waals surface area contributed by atoms with Gasteiger partial charge >= 0.3 is 11.9 Å². The Kier molecular flexibility index (Phi) is 11.0. The molecule has 0 aliphatic carbocycles. The smallest absolute Gasteiger partial charge is 0.343 e. The van der Waals surface area contributed by atoms with Crippen LogP contribution < -0.4 is 33.8 Å². The maximum atomic E-state index is 14.0. The molecule has 1 aromatic heterocycles. The first-order valence-electron chi connectivity index (χ1n) is 14.2. The van der Waals surface area contributed by atoms with E-state index in [9.17, 15) is 14.4 Å². The van der Waals surface area contributed by atoms with Gasteiger partial charge in [-0.15, -0.1) is 0 Å². The third kappa shape index (κ3) is 7.35. The van der Waals surface area contributed by atoms with E-state index in [0.29, 0.717) is 62.4 Å². The number of esters is 2. The van der Waals surface area contributed by atoms with Crippen molar-refractivity contribution in [2.24, 2.45) is 4.99 Å². The largest absolute Gasteiger partial charge is 0.490 e. The fourth-order valence-electron chi connectivity index (χ4n) is 4.65. The van der Waals surface area contributed by atoms with E-state index in [2.05, 4.69) is 9.73 Å². The first kappa shape index (κ1) is 32.8. The van der Waals surface area contributed by atoms with Crippen molar-refractivity contribution in [3.63, 3.8) is 0 Å². The van der Waals surface area contributed by atoms with Crippen LogP contribution in [0.5, 0.6) is 23.0 Å². The van der Waals surface area contributed by atoms with Crippen molar-refractivity contribution in [2.75, 3.05) is 40.1 Å². The van der Waals surface area contributed by atoms with Gasteiger partial charge in [0.15, 0.2) is 41.0 Å². The minimum absolute atomic E-state index is 0.132. The zero-order valence-corrected chi connectivity index (χ0v) is 26.4. The van der Waals surface area contributed by atoms with Gasteiger partial charge in [-0.25, -0.2) is 14.6 Å². The number of benzene rings is 2. The molecular weight excluding hydrogens is 602 g/mol. The van der Waals surface area contributed by atoms with Gasteiger partial charge in [0.05, 0.1) is 48.8 Å². The lowest BCUT2D eigenvalue weighted by atomic mass is 9.95. The summed E-state index contributed by atoms with van der Waals surface area (Å²) in [5, 5.41) is 8.89. The third-order valence-electron chi connectivity index (χ3n) is 6.53. The molecule has 0 unspecified atom stereocenters. The van der Waals surface area contributed by atoms with Gasteiger partial charge in [-0.1, -0.05) is 23.5 Å². The molecule has 1 aliphatic heterocycles. The number of nitrogens with zero attached hydrogens (tertiary/aromatic N) is 3. The van der Waals surface area contributed by atoms with E-state index in [1.54, 1.807) is 63.2 Å². The molecule has 0 spiro atoms. The Hall–Kier alpha value is -5.09. The van der Waals surface area contributed by atoms with E-state index in [0.717, 1.165) is 0 Å². The number of rotatable bonds is 13. The number of nitriles is 1. The summed E-state index contributed by atoms with van der Waals surface area (Å²) in [7, 11) is 1.26. The highest BCUT2D eigenvalue weighted by Gasteiger charge is 2.34. The summed E-state index contributed by atoms with van der Waals surface area (Å²) >= 11 is 1.17. The molecule has 2 heterocycles. The number of fused-ring (bicyclic) bond motifs is 1. The van der Waals surface area contributed by atoms with Gasteiger partial charge in [-0.3, -0.25) is 9.36 Å². The van der Waals surface area contributed by atoms with Crippen LogP contribution in [-0.2, 0) is 19.1 Å². The molecule has 0 saturated heterocycles. The molecule has 12 nitrogen and oxygen atoms in total. The van der Waals surface area contributed by atoms with Crippen LogP contribution in [0, 0.1) is 11.3 Å². The molecule has 0 bridgehead atoms. The van der Waals surface area contributed by atoms with Gasteiger partial charge in [0.2, 0.25) is 0 Å². The van der Waals surface area contributed by atoms with Crippen LogP contribution in [0.25, 0.3) is 6.08 Å². The lowest BCUT2D eigenvalue weighted by Gasteiger charge is -2.25. The third-order valence-corrected chi connectivity index (χ3v) is 7.51. The van der Waals surface area contributed by atoms with Crippen molar-refractivity contribution >= 4 is 29.4 Å². The Balaban J connectivity index is 1.87. The van der Waals surface area contributed by atoms with Gasteiger partial charge in [0, 0.05) is 0 Å². The Bertz CT molecular complexity index is 1840. The quantitative estimate of drug-likeness (QED) is 0.257. The molecule has 1 aliphatic rings. The molecule has 0 saturated carbocycles. The summed E-state index contributed by atoms with van der Waals surface area (Å²) in [6, 6.07) is 11.2. The zero-order chi connectivity index (χ0) is 32.5. The molecule has 0 radical (unpaired) electrons. The van der Waals surface area contributed by atoms with Crippen LogP contribution in [0.3, 0.4) is 0 Å². The Morgan fingerprint density at radius 1 is 0.978 bits per heavy atom. The van der Waals surface area contributed by atoms with Gasteiger partial charge < -0.3 is 28.4 Å². The maximum Gasteiger partial charge on any atom is 0.343 e. The lowest BCUT2D eigenvalue weighted by Crippen LogP contribution is -2.40. The minimum atomic E-state index is -0.892. The van der Waals surface area contributed by atoms with Crippen molar-refractivity contribution < 1.29 is 38.0 Å². The first-order valence-corrected chi connectivity index (χ1v) is 15.0.